The van der Waals surface area contributed by atoms with E-state index >= 15 is 0 Å². The van der Waals surface area contributed by atoms with Gasteiger partial charge < -0.3 is 10.6 Å². The van der Waals surface area contributed by atoms with Crippen molar-refractivity contribution < 1.29 is 0 Å². The molecule has 0 spiro atoms. The summed E-state index contributed by atoms with van der Waals surface area (Å²) in [4.78, 5) is 5.65. The standard InChI is InChI=1S/C14H25N3S.HI/c1-13(2,3)17-12(15-6)16-10-14(4,5)11-8-7-9-18-11;/h7-9H,10H2,1-6H3,(H2,15,16,17);1H. The SMILES string of the molecule is CN=C(NCC(C)(C)c1cccs1)NC(C)(C)C.I. The van der Waals surface area contributed by atoms with Gasteiger partial charge in [-0.25, -0.2) is 0 Å². The Kier molecular flexibility index (Phi) is 7.36. The van der Waals surface area contributed by atoms with Gasteiger partial charge >= 0.3 is 0 Å². The molecule has 1 rings (SSSR count). The molecule has 3 nitrogen and oxygen atoms in total. The summed E-state index contributed by atoms with van der Waals surface area (Å²) in [5.41, 5.74) is 0.137. The van der Waals surface area contributed by atoms with Crippen molar-refractivity contribution in [1.29, 1.82) is 0 Å². The van der Waals surface area contributed by atoms with Crippen LogP contribution in [0.3, 0.4) is 0 Å². The average Bonchev–Trinajstić information content (AvgIpc) is 2.76. The van der Waals surface area contributed by atoms with Gasteiger partial charge in [-0.3, -0.25) is 4.99 Å². The molecule has 0 atom stereocenters. The summed E-state index contributed by atoms with van der Waals surface area (Å²) in [6.07, 6.45) is 0. The molecule has 1 aromatic rings. The molecule has 0 unspecified atom stereocenters. The molecule has 0 saturated heterocycles. The van der Waals surface area contributed by atoms with E-state index in [1.54, 1.807) is 18.4 Å². The molecule has 1 aromatic heterocycles. The number of hydrogen-bond donors (Lipinski definition) is 2. The van der Waals surface area contributed by atoms with Crippen LogP contribution in [0.5, 0.6) is 0 Å². The average molecular weight is 395 g/mol. The van der Waals surface area contributed by atoms with Crippen molar-refractivity contribution in [2.45, 2.75) is 45.6 Å². The largest absolute Gasteiger partial charge is 0.356 e. The molecule has 110 valence electrons. The molecule has 0 aliphatic heterocycles. The van der Waals surface area contributed by atoms with E-state index < -0.39 is 0 Å². The zero-order chi connectivity index (χ0) is 13.8. The highest BCUT2D eigenvalue weighted by Gasteiger charge is 2.22. The summed E-state index contributed by atoms with van der Waals surface area (Å²) in [6.45, 7) is 11.7. The zero-order valence-electron chi connectivity index (χ0n) is 12.7. The predicted molar refractivity (Wildman–Crippen MR) is 97.0 cm³/mol. The molecular weight excluding hydrogens is 369 g/mol. The van der Waals surface area contributed by atoms with Gasteiger partial charge in [0.15, 0.2) is 5.96 Å². The first kappa shape index (κ1) is 18.7. The Bertz CT molecular complexity index is 391. The van der Waals surface area contributed by atoms with Crippen LogP contribution in [0.1, 0.15) is 39.5 Å². The van der Waals surface area contributed by atoms with Gasteiger partial charge in [-0.2, -0.15) is 0 Å². The van der Waals surface area contributed by atoms with E-state index in [0.717, 1.165) is 12.5 Å². The Hall–Kier alpha value is -0.300. The van der Waals surface area contributed by atoms with Crippen molar-refractivity contribution in [1.82, 2.24) is 10.6 Å². The minimum absolute atomic E-state index is 0. The van der Waals surface area contributed by atoms with E-state index in [1.807, 2.05) is 0 Å². The van der Waals surface area contributed by atoms with Gasteiger partial charge in [0, 0.05) is 29.4 Å². The highest BCUT2D eigenvalue weighted by molar-refractivity contribution is 14.0. The minimum atomic E-state index is 0. The normalized spacial score (nSPS) is 12.8. The van der Waals surface area contributed by atoms with Crippen LogP contribution in [-0.2, 0) is 5.41 Å². The summed E-state index contributed by atoms with van der Waals surface area (Å²) >= 11 is 1.80. The van der Waals surface area contributed by atoms with Crippen molar-refractivity contribution in [3.63, 3.8) is 0 Å². The maximum atomic E-state index is 4.26. The fourth-order valence-electron chi connectivity index (χ4n) is 1.59. The lowest BCUT2D eigenvalue weighted by molar-refractivity contribution is 0.480. The van der Waals surface area contributed by atoms with Gasteiger partial charge in [-0.1, -0.05) is 19.9 Å². The Balaban J connectivity index is 0.00000324. The molecule has 0 aromatic carbocycles. The van der Waals surface area contributed by atoms with Crippen molar-refractivity contribution >= 4 is 41.3 Å². The third-order valence-electron chi connectivity index (χ3n) is 2.60. The van der Waals surface area contributed by atoms with Crippen LogP contribution in [0.25, 0.3) is 0 Å². The van der Waals surface area contributed by atoms with Crippen LogP contribution < -0.4 is 10.6 Å². The summed E-state index contributed by atoms with van der Waals surface area (Å²) in [6, 6.07) is 4.29. The van der Waals surface area contributed by atoms with Gasteiger partial charge in [-0.15, -0.1) is 35.3 Å². The molecule has 0 aliphatic carbocycles. The highest BCUT2D eigenvalue weighted by Crippen LogP contribution is 2.26. The lowest BCUT2D eigenvalue weighted by Crippen LogP contribution is -2.50. The quantitative estimate of drug-likeness (QED) is 0.466. The van der Waals surface area contributed by atoms with E-state index in [0.29, 0.717) is 0 Å². The second kappa shape index (κ2) is 7.47. The minimum Gasteiger partial charge on any atom is -0.356 e. The van der Waals surface area contributed by atoms with E-state index in [4.69, 9.17) is 0 Å². The first-order valence-corrected chi connectivity index (χ1v) is 7.15. The number of rotatable bonds is 3. The van der Waals surface area contributed by atoms with Gasteiger partial charge in [0.05, 0.1) is 0 Å². The van der Waals surface area contributed by atoms with Crippen molar-refractivity contribution in [2.24, 2.45) is 4.99 Å². The molecule has 0 radical (unpaired) electrons. The van der Waals surface area contributed by atoms with Crippen LogP contribution in [0.4, 0.5) is 0 Å². The van der Waals surface area contributed by atoms with Gasteiger partial charge in [0.25, 0.3) is 0 Å². The third kappa shape index (κ3) is 6.61. The number of halogens is 1. The van der Waals surface area contributed by atoms with Gasteiger partial charge in [0.1, 0.15) is 0 Å². The number of hydrogen-bond acceptors (Lipinski definition) is 2. The van der Waals surface area contributed by atoms with Crippen molar-refractivity contribution in [3.8, 4) is 0 Å². The van der Waals surface area contributed by atoms with E-state index in [1.165, 1.54) is 4.88 Å². The van der Waals surface area contributed by atoms with Crippen LogP contribution in [0, 0.1) is 0 Å². The van der Waals surface area contributed by atoms with Gasteiger partial charge in [0.2, 0.25) is 0 Å². The Labute approximate surface area is 138 Å². The number of nitrogens with one attached hydrogen (secondary N) is 2. The zero-order valence-corrected chi connectivity index (χ0v) is 15.8. The number of aliphatic imine (C=N–C) groups is 1. The molecule has 19 heavy (non-hydrogen) atoms. The molecule has 5 heteroatoms. The van der Waals surface area contributed by atoms with Crippen molar-refractivity contribution in [2.75, 3.05) is 13.6 Å². The molecule has 0 fully saturated rings. The predicted octanol–water partition coefficient (Wildman–Crippen LogP) is 3.61. The van der Waals surface area contributed by atoms with Gasteiger partial charge in [-0.05, 0) is 32.2 Å². The number of guanidine groups is 1. The number of thiophene rings is 1. The molecule has 0 amide bonds. The fraction of sp³-hybridized carbons (Fsp3) is 0.643. The first-order valence-electron chi connectivity index (χ1n) is 6.27. The molecular formula is C14H26IN3S. The highest BCUT2D eigenvalue weighted by atomic mass is 127. The molecule has 1 heterocycles. The third-order valence-corrected chi connectivity index (χ3v) is 3.84. The second-order valence-electron chi connectivity index (χ2n) is 6.16. The summed E-state index contributed by atoms with van der Waals surface area (Å²) < 4.78 is 0. The maximum absolute atomic E-state index is 4.26. The van der Waals surface area contributed by atoms with E-state index in [9.17, 15) is 0 Å². The Morgan fingerprint density at radius 3 is 2.32 bits per heavy atom. The van der Waals surface area contributed by atoms with Crippen LogP contribution >= 0.6 is 35.3 Å². The molecule has 0 saturated carbocycles. The smallest absolute Gasteiger partial charge is 0.191 e. The topological polar surface area (TPSA) is 36.4 Å². The monoisotopic (exact) mass is 395 g/mol. The van der Waals surface area contributed by atoms with Crippen LogP contribution in [0.15, 0.2) is 22.5 Å². The lowest BCUT2D eigenvalue weighted by atomic mass is 9.91. The summed E-state index contributed by atoms with van der Waals surface area (Å²) in [7, 11) is 1.80. The fourth-order valence-corrected chi connectivity index (χ4v) is 2.44. The van der Waals surface area contributed by atoms with Crippen LogP contribution in [0.2, 0.25) is 0 Å². The Morgan fingerprint density at radius 2 is 1.89 bits per heavy atom. The van der Waals surface area contributed by atoms with E-state index in [-0.39, 0.29) is 34.9 Å². The maximum Gasteiger partial charge on any atom is 0.191 e. The number of nitrogens with zero attached hydrogens (tertiary/aromatic N) is 1. The Morgan fingerprint density at radius 1 is 1.26 bits per heavy atom. The lowest BCUT2D eigenvalue weighted by Gasteiger charge is -2.28. The molecule has 0 bridgehead atoms. The summed E-state index contributed by atoms with van der Waals surface area (Å²) in [5.74, 6) is 0.854. The van der Waals surface area contributed by atoms with Crippen LogP contribution in [-0.4, -0.2) is 25.1 Å². The van der Waals surface area contributed by atoms with Crippen molar-refractivity contribution in [3.05, 3.63) is 22.4 Å². The molecule has 2 N–H and O–H groups in total. The summed E-state index contributed by atoms with van der Waals surface area (Å²) in [5, 5.41) is 8.89. The van der Waals surface area contributed by atoms with E-state index in [2.05, 4.69) is 67.8 Å². The first-order chi connectivity index (χ1) is 8.24. The second-order valence-corrected chi connectivity index (χ2v) is 7.11. The molecule has 0 aliphatic rings.